The third kappa shape index (κ3) is 2.56. The Bertz CT molecular complexity index is 675. The van der Waals surface area contributed by atoms with E-state index in [1.807, 2.05) is 34.9 Å². The number of para-hydroxylation sites is 1. The van der Waals surface area contributed by atoms with Crippen LogP contribution in [-0.4, -0.2) is 53.9 Å². The molecular formula is C19H24N2O3. The van der Waals surface area contributed by atoms with E-state index in [1.165, 1.54) is 0 Å². The van der Waals surface area contributed by atoms with Crippen LogP contribution in [0, 0.1) is 5.92 Å². The fourth-order valence-electron chi connectivity index (χ4n) is 3.64. The topological polar surface area (TPSA) is 49.9 Å². The number of rotatable bonds is 2. The van der Waals surface area contributed by atoms with E-state index in [1.54, 1.807) is 0 Å². The van der Waals surface area contributed by atoms with Crippen LogP contribution in [-0.2, 0) is 4.79 Å². The number of piperazine rings is 1. The maximum absolute atomic E-state index is 12.9. The van der Waals surface area contributed by atoms with Crippen LogP contribution in [0.3, 0.4) is 0 Å². The molecule has 2 heterocycles. The van der Waals surface area contributed by atoms with Crippen molar-refractivity contribution in [3.8, 4) is 5.75 Å². The summed E-state index contributed by atoms with van der Waals surface area (Å²) < 4.78 is 5.95. The van der Waals surface area contributed by atoms with Gasteiger partial charge in [0.25, 0.3) is 5.91 Å². The summed E-state index contributed by atoms with van der Waals surface area (Å²) in [4.78, 5) is 28.8. The first-order valence-corrected chi connectivity index (χ1v) is 8.94. The van der Waals surface area contributed by atoms with Crippen LogP contribution in [0.1, 0.15) is 48.5 Å². The molecule has 2 fully saturated rings. The van der Waals surface area contributed by atoms with Crippen molar-refractivity contribution in [2.45, 2.75) is 38.7 Å². The summed E-state index contributed by atoms with van der Waals surface area (Å²) in [7, 11) is 0. The number of carbonyl (C=O) groups is 2. The van der Waals surface area contributed by atoms with Crippen LogP contribution in [0.25, 0.3) is 0 Å². The number of hydrogen-bond acceptors (Lipinski definition) is 3. The average Bonchev–Trinajstić information content (AvgIpc) is 3.41. The summed E-state index contributed by atoms with van der Waals surface area (Å²) >= 11 is 0. The van der Waals surface area contributed by atoms with E-state index in [-0.39, 0.29) is 23.8 Å². The van der Waals surface area contributed by atoms with Crippen molar-refractivity contribution in [2.75, 3.05) is 26.2 Å². The molecule has 1 aromatic rings. The number of carbonyl (C=O) groups excluding carboxylic acids is 2. The largest absolute Gasteiger partial charge is 0.489 e. The lowest BCUT2D eigenvalue weighted by Gasteiger charge is -2.35. The first-order valence-electron chi connectivity index (χ1n) is 8.94. The van der Waals surface area contributed by atoms with Gasteiger partial charge in [0.1, 0.15) is 11.9 Å². The van der Waals surface area contributed by atoms with Crippen LogP contribution < -0.4 is 4.74 Å². The molecule has 2 aliphatic heterocycles. The SMILES string of the molecule is C[C@@H]1Oc2c(C(=O)N3CCN(C(=O)C4CC4)CC3)cccc2[C@@H]1C. The quantitative estimate of drug-likeness (QED) is 0.837. The predicted octanol–water partition coefficient (Wildman–Crippen LogP) is 2.27. The number of fused-ring (bicyclic) bond motifs is 1. The Kier molecular flexibility index (Phi) is 3.74. The summed E-state index contributed by atoms with van der Waals surface area (Å²) in [5.74, 6) is 1.60. The van der Waals surface area contributed by atoms with E-state index in [9.17, 15) is 9.59 Å². The highest BCUT2D eigenvalue weighted by Gasteiger charge is 2.36. The van der Waals surface area contributed by atoms with Crippen LogP contribution in [0.2, 0.25) is 0 Å². The molecule has 5 heteroatoms. The van der Waals surface area contributed by atoms with Gasteiger partial charge in [-0.2, -0.15) is 0 Å². The van der Waals surface area contributed by atoms with E-state index < -0.39 is 0 Å². The Morgan fingerprint density at radius 1 is 1.04 bits per heavy atom. The van der Waals surface area contributed by atoms with Crippen LogP contribution in [0.5, 0.6) is 5.75 Å². The Balaban J connectivity index is 1.47. The van der Waals surface area contributed by atoms with Crippen molar-refractivity contribution >= 4 is 11.8 Å². The smallest absolute Gasteiger partial charge is 0.257 e. The van der Waals surface area contributed by atoms with E-state index in [0.717, 1.165) is 24.2 Å². The fourth-order valence-corrected chi connectivity index (χ4v) is 3.64. The summed E-state index contributed by atoms with van der Waals surface area (Å²) in [6.07, 6.45) is 2.16. The highest BCUT2D eigenvalue weighted by atomic mass is 16.5. The van der Waals surface area contributed by atoms with Crippen molar-refractivity contribution < 1.29 is 14.3 Å². The van der Waals surface area contributed by atoms with Gasteiger partial charge in [0.15, 0.2) is 0 Å². The fraction of sp³-hybridized carbons (Fsp3) is 0.579. The molecule has 0 N–H and O–H groups in total. The average molecular weight is 328 g/mol. The van der Waals surface area contributed by atoms with Gasteiger partial charge in [-0.25, -0.2) is 0 Å². The summed E-state index contributed by atoms with van der Waals surface area (Å²) in [5.41, 5.74) is 1.78. The molecule has 0 bridgehead atoms. The minimum Gasteiger partial charge on any atom is -0.489 e. The molecule has 1 aromatic carbocycles. The molecule has 128 valence electrons. The molecule has 0 unspecified atom stereocenters. The first kappa shape index (κ1) is 15.5. The lowest BCUT2D eigenvalue weighted by atomic mass is 9.96. The maximum atomic E-state index is 12.9. The normalized spacial score (nSPS) is 26.1. The molecule has 1 saturated carbocycles. The van der Waals surface area contributed by atoms with Crippen molar-refractivity contribution in [1.29, 1.82) is 0 Å². The highest BCUT2D eigenvalue weighted by Crippen LogP contribution is 2.40. The molecule has 0 radical (unpaired) electrons. The minimum atomic E-state index is 0.0201. The number of ether oxygens (including phenoxy) is 1. The van der Waals surface area contributed by atoms with Crippen LogP contribution in [0.15, 0.2) is 18.2 Å². The molecular weight excluding hydrogens is 304 g/mol. The van der Waals surface area contributed by atoms with Crippen LogP contribution >= 0.6 is 0 Å². The minimum absolute atomic E-state index is 0.0201. The van der Waals surface area contributed by atoms with E-state index >= 15 is 0 Å². The zero-order valence-electron chi connectivity index (χ0n) is 14.3. The summed E-state index contributed by atoms with van der Waals surface area (Å²) in [6.45, 7) is 6.67. The van der Waals surface area contributed by atoms with Gasteiger partial charge in [-0.15, -0.1) is 0 Å². The number of nitrogens with zero attached hydrogens (tertiary/aromatic N) is 2. The van der Waals surface area contributed by atoms with Gasteiger partial charge in [-0.05, 0) is 25.8 Å². The monoisotopic (exact) mass is 328 g/mol. The Labute approximate surface area is 142 Å². The maximum Gasteiger partial charge on any atom is 0.257 e. The van der Waals surface area contributed by atoms with Gasteiger partial charge in [-0.3, -0.25) is 9.59 Å². The van der Waals surface area contributed by atoms with E-state index in [4.69, 9.17) is 4.74 Å². The van der Waals surface area contributed by atoms with Gasteiger partial charge in [0.2, 0.25) is 5.91 Å². The Hall–Kier alpha value is -2.04. The summed E-state index contributed by atoms with van der Waals surface area (Å²) in [6, 6.07) is 5.84. The lowest BCUT2D eigenvalue weighted by Crippen LogP contribution is -2.51. The molecule has 0 aromatic heterocycles. The van der Waals surface area contributed by atoms with Crippen molar-refractivity contribution in [1.82, 2.24) is 9.80 Å². The van der Waals surface area contributed by atoms with Gasteiger partial charge >= 0.3 is 0 Å². The molecule has 3 aliphatic rings. The van der Waals surface area contributed by atoms with Gasteiger partial charge in [0.05, 0.1) is 5.56 Å². The Morgan fingerprint density at radius 3 is 2.38 bits per heavy atom. The third-order valence-electron chi connectivity index (χ3n) is 5.58. The molecule has 1 saturated heterocycles. The second kappa shape index (κ2) is 5.80. The standard InChI is InChI=1S/C19H24N2O3/c1-12-13(2)24-17-15(12)4-3-5-16(17)19(23)21-10-8-20(9-11-21)18(22)14-6-7-14/h3-5,12-14H,6-11H2,1-2H3/t12-,13+/m1/s1. The molecule has 2 amide bonds. The highest BCUT2D eigenvalue weighted by molar-refractivity contribution is 5.98. The Morgan fingerprint density at radius 2 is 1.71 bits per heavy atom. The lowest BCUT2D eigenvalue weighted by molar-refractivity contribution is -0.134. The summed E-state index contributed by atoms with van der Waals surface area (Å²) in [5, 5.41) is 0. The van der Waals surface area contributed by atoms with E-state index in [0.29, 0.717) is 37.7 Å². The number of hydrogen-bond donors (Lipinski definition) is 0. The molecule has 1 aliphatic carbocycles. The first-order chi connectivity index (χ1) is 11.6. The zero-order valence-corrected chi connectivity index (χ0v) is 14.3. The predicted molar refractivity (Wildman–Crippen MR) is 90.2 cm³/mol. The van der Waals surface area contributed by atoms with Crippen molar-refractivity contribution in [2.24, 2.45) is 5.92 Å². The number of benzene rings is 1. The van der Waals surface area contributed by atoms with Crippen molar-refractivity contribution in [3.63, 3.8) is 0 Å². The van der Waals surface area contributed by atoms with Gasteiger partial charge in [0, 0.05) is 43.6 Å². The molecule has 2 atom stereocenters. The number of amides is 2. The molecule has 4 rings (SSSR count). The zero-order chi connectivity index (χ0) is 16.8. The van der Waals surface area contributed by atoms with Gasteiger partial charge < -0.3 is 14.5 Å². The molecule has 24 heavy (non-hydrogen) atoms. The second-order valence-electron chi connectivity index (χ2n) is 7.23. The second-order valence-corrected chi connectivity index (χ2v) is 7.23. The van der Waals surface area contributed by atoms with E-state index in [2.05, 4.69) is 6.92 Å². The van der Waals surface area contributed by atoms with Crippen molar-refractivity contribution in [3.05, 3.63) is 29.3 Å². The van der Waals surface area contributed by atoms with Crippen LogP contribution in [0.4, 0.5) is 0 Å². The molecule has 0 spiro atoms. The van der Waals surface area contributed by atoms with Gasteiger partial charge in [-0.1, -0.05) is 19.1 Å². The molecule has 5 nitrogen and oxygen atoms in total. The third-order valence-corrected chi connectivity index (χ3v) is 5.58.